The Balaban J connectivity index is 2.07. The van der Waals surface area contributed by atoms with E-state index >= 15 is 0 Å². The first kappa shape index (κ1) is 11.9. The lowest BCUT2D eigenvalue weighted by Gasteiger charge is -2.34. The van der Waals surface area contributed by atoms with Crippen molar-refractivity contribution in [2.24, 2.45) is 0 Å². The highest BCUT2D eigenvalue weighted by Crippen LogP contribution is 2.32. The van der Waals surface area contributed by atoms with Crippen molar-refractivity contribution in [1.29, 1.82) is 0 Å². The molecule has 0 spiro atoms. The molecule has 16 heavy (non-hydrogen) atoms. The number of carbonyl (C=O) groups is 1. The zero-order chi connectivity index (χ0) is 11.6. The second-order valence-electron chi connectivity index (χ2n) is 5.20. The topological polar surface area (TPSA) is 32.3 Å². The summed E-state index contributed by atoms with van der Waals surface area (Å²) in [7, 11) is 0. The van der Waals surface area contributed by atoms with Crippen LogP contribution < -0.4 is 5.32 Å². The molecule has 1 heterocycles. The number of hydrogen-bond donors (Lipinski definition) is 1. The first-order valence-corrected chi connectivity index (χ1v) is 6.79. The molecule has 3 heteroatoms. The van der Waals surface area contributed by atoms with Crippen molar-refractivity contribution in [2.75, 3.05) is 13.1 Å². The second kappa shape index (κ2) is 4.74. The van der Waals surface area contributed by atoms with Crippen LogP contribution in [0, 0.1) is 0 Å². The van der Waals surface area contributed by atoms with Crippen LogP contribution >= 0.6 is 0 Å². The molecule has 1 aliphatic carbocycles. The van der Waals surface area contributed by atoms with Gasteiger partial charge in [0, 0.05) is 12.6 Å². The molecule has 1 amide bonds. The Morgan fingerprint density at radius 1 is 1.44 bits per heavy atom. The quantitative estimate of drug-likeness (QED) is 0.774. The third-order valence-corrected chi connectivity index (χ3v) is 3.97. The summed E-state index contributed by atoms with van der Waals surface area (Å²) in [4.78, 5) is 14.8. The predicted molar refractivity (Wildman–Crippen MR) is 65.3 cm³/mol. The fraction of sp³-hybridized carbons (Fsp3) is 0.923. The minimum absolute atomic E-state index is 0.224. The molecule has 1 unspecified atom stereocenters. The van der Waals surface area contributed by atoms with E-state index in [1.807, 2.05) is 0 Å². The smallest absolute Gasteiger partial charge is 0.243 e. The van der Waals surface area contributed by atoms with Crippen LogP contribution in [0.25, 0.3) is 0 Å². The van der Waals surface area contributed by atoms with Gasteiger partial charge in [-0.05, 0) is 45.1 Å². The van der Waals surface area contributed by atoms with Crippen LogP contribution in [-0.2, 0) is 4.79 Å². The molecule has 0 aromatic heterocycles. The Hall–Kier alpha value is -0.570. The van der Waals surface area contributed by atoms with Gasteiger partial charge in [0.25, 0.3) is 0 Å². The highest BCUT2D eigenvalue weighted by molar-refractivity contribution is 5.87. The molecule has 2 aliphatic rings. The van der Waals surface area contributed by atoms with Crippen molar-refractivity contribution in [3.8, 4) is 0 Å². The van der Waals surface area contributed by atoms with Crippen molar-refractivity contribution >= 4 is 5.91 Å². The van der Waals surface area contributed by atoms with Gasteiger partial charge >= 0.3 is 0 Å². The number of nitrogens with one attached hydrogen (secondary N) is 1. The normalized spacial score (nSPS) is 29.4. The van der Waals surface area contributed by atoms with Crippen molar-refractivity contribution in [1.82, 2.24) is 10.2 Å². The highest BCUT2D eigenvalue weighted by Gasteiger charge is 2.45. The van der Waals surface area contributed by atoms with Crippen LogP contribution in [-0.4, -0.2) is 35.5 Å². The van der Waals surface area contributed by atoms with Crippen LogP contribution in [0.4, 0.5) is 0 Å². The predicted octanol–water partition coefficient (Wildman–Crippen LogP) is 1.92. The number of hydrogen-bond acceptors (Lipinski definition) is 2. The third-order valence-electron chi connectivity index (χ3n) is 3.97. The van der Waals surface area contributed by atoms with E-state index in [1.54, 1.807) is 0 Å². The lowest BCUT2D eigenvalue weighted by atomic mass is 9.92. The maximum absolute atomic E-state index is 12.6. The van der Waals surface area contributed by atoms with Gasteiger partial charge in [-0.2, -0.15) is 0 Å². The van der Waals surface area contributed by atoms with Gasteiger partial charge in [0.1, 0.15) is 0 Å². The minimum atomic E-state index is -0.224. The van der Waals surface area contributed by atoms with Gasteiger partial charge in [0.15, 0.2) is 0 Å². The molecule has 1 saturated heterocycles. The van der Waals surface area contributed by atoms with Gasteiger partial charge in [-0.1, -0.05) is 13.8 Å². The second-order valence-corrected chi connectivity index (χ2v) is 5.20. The summed E-state index contributed by atoms with van der Waals surface area (Å²) in [6.07, 6.45) is 6.59. The van der Waals surface area contributed by atoms with E-state index in [4.69, 9.17) is 0 Å². The van der Waals surface area contributed by atoms with Gasteiger partial charge in [0.2, 0.25) is 5.91 Å². The molecule has 0 radical (unpaired) electrons. The van der Waals surface area contributed by atoms with Crippen molar-refractivity contribution in [3.05, 3.63) is 0 Å². The number of amides is 1. The van der Waals surface area contributed by atoms with E-state index in [2.05, 4.69) is 24.1 Å². The summed E-state index contributed by atoms with van der Waals surface area (Å²) in [5.74, 6) is 0.372. The number of nitrogens with zero attached hydrogens (tertiary/aromatic N) is 1. The standard InChI is InChI=1S/C13H24N2O/c1-3-10-15(11-6-7-11)12(16)13(4-2)8-5-9-14-13/h11,14H,3-10H2,1-2H3. The lowest BCUT2D eigenvalue weighted by Crippen LogP contribution is -2.55. The van der Waals surface area contributed by atoms with Crippen LogP contribution in [0.15, 0.2) is 0 Å². The summed E-state index contributed by atoms with van der Waals surface area (Å²) < 4.78 is 0. The Kier molecular flexibility index (Phi) is 3.53. The number of carbonyl (C=O) groups excluding carboxylic acids is 1. The van der Waals surface area contributed by atoms with E-state index in [0.29, 0.717) is 11.9 Å². The lowest BCUT2D eigenvalue weighted by molar-refractivity contribution is -0.138. The van der Waals surface area contributed by atoms with E-state index in [1.165, 1.54) is 12.8 Å². The van der Waals surface area contributed by atoms with Crippen molar-refractivity contribution in [2.45, 2.75) is 64.0 Å². The average molecular weight is 224 g/mol. The minimum Gasteiger partial charge on any atom is -0.338 e. The van der Waals surface area contributed by atoms with E-state index in [0.717, 1.165) is 38.8 Å². The van der Waals surface area contributed by atoms with E-state index in [-0.39, 0.29) is 5.54 Å². The molecule has 1 saturated carbocycles. The Morgan fingerprint density at radius 2 is 2.19 bits per heavy atom. The monoisotopic (exact) mass is 224 g/mol. The van der Waals surface area contributed by atoms with Gasteiger partial charge in [-0.25, -0.2) is 0 Å². The summed E-state index contributed by atoms with van der Waals surface area (Å²) in [6, 6.07) is 0.554. The number of rotatable bonds is 5. The largest absolute Gasteiger partial charge is 0.338 e. The molecule has 1 N–H and O–H groups in total. The molecule has 92 valence electrons. The van der Waals surface area contributed by atoms with Gasteiger partial charge in [-0.15, -0.1) is 0 Å². The van der Waals surface area contributed by atoms with E-state index in [9.17, 15) is 4.79 Å². The summed E-state index contributed by atoms with van der Waals surface area (Å²) in [5, 5.41) is 3.45. The van der Waals surface area contributed by atoms with Gasteiger partial charge < -0.3 is 10.2 Å². The fourth-order valence-electron chi connectivity index (χ4n) is 2.79. The summed E-state index contributed by atoms with van der Waals surface area (Å²) in [5.41, 5.74) is -0.224. The molecule has 2 rings (SSSR count). The van der Waals surface area contributed by atoms with Gasteiger partial charge in [-0.3, -0.25) is 4.79 Å². The fourth-order valence-corrected chi connectivity index (χ4v) is 2.79. The molecule has 0 aromatic carbocycles. The van der Waals surface area contributed by atoms with Crippen LogP contribution in [0.3, 0.4) is 0 Å². The Morgan fingerprint density at radius 3 is 2.62 bits per heavy atom. The van der Waals surface area contributed by atoms with Crippen LogP contribution in [0.5, 0.6) is 0 Å². The third kappa shape index (κ3) is 2.10. The van der Waals surface area contributed by atoms with Crippen LogP contribution in [0.1, 0.15) is 52.4 Å². The van der Waals surface area contributed by atoms with Crippen molar-refractivity contribution in [3.63, 3.8) is 0 Å². The first-order valence-electron chi connectivity index (χ1n) is 6.79. The molecule has 1 atom stereocenters. The first-order chi connectivity index (χ1) is 7.73. The van der Waals surface area contributed by atoms with Crippen LogP contribution in [0.2, 0.25) is 0 Å². The van der Waals surface area contributed by atoms with Gasteiger partial charge in [0.05, 0.1) is 5.54 Å². The Labute approximate surface area is 98.6 Å². The zero-order valence-electron chi connectivity index (χ0n) is 10.6. The molecule has 3 nitrogen and oxygen atoms in total. The molecule has 2 fully saturated rings. The molecular weight excluding hydrogens is 200 g/mol. The Bertz CT molecular complexity index is 255. The molecule has 0 bridgehead atoms. The molecule has 0 aromatic rings. The summed E-state index contributed by atoms with van der Waals surface area (Å²) >= 11 is 0. The van der Waals surface area contributed by atoms with Crippen molar-refractivity contribution < 1.29 is 4.79 Å². The maximum atomic E-state index is 12.6. The summed E-state index contributed by atoms with van der Waals surface area (Å²) in [6.45, 7) is 6.23. The highest BCUT2D eigenvalue weighted by atomic mass is 16.2. The molecule has 1 aliphatic heterocycles. The zero-order valence-corrected chi connectivity index (χ0v) is 10.6. The average Bonchev–Trinajstić information content (AvgIpc) is 3.02. The molecular formula is C13H24N2O. The van der Waals surface area contributed by atoms with E-state index < -0.39 is 0 Å². The maximum Gasteiger partial charge on any atom is 0.243 e. The SMILES string of the molecule is CCCN(C(=O)C1(CC)CCCN1)C1CC1.